The quantitative estimate of drug-likeness (QED) is 0.782. The van der Waals surface area contributed by atoms with Crippen LogP contribution in [0.1, 0.15) is 38.7 Å². The van der Waals surface area contributed by atoms with Gasteiger partial charge in [0.2, 0.25) is 5.91 Å². The summed E-state index contributed by atoms with van der Waals surface area (Å²) in [5, 5.41) is 6.41. The molecule has 4 rings (SSSR count). The molecule has 2 N–H and O–H groups in total. The Hall–Kier alpha value is -2.60. The van der Waals surface area contributed by atoms with Crippen LogP contribution in [0.2, 0.25) is 0 Å². The molecule has 3 aliphatic rings. The first kappa shape index (κ1) is 20.7. The van der Waals surface area contributed by atoms with Gasteiger partial charge in [-0.3, -0.25) is 9.59 Å². The first-order valence-electron chi connectivity index (χ1n) is 10.7. The molecule has 0 radical (unpaired) electrons. The van der Waals surface area contributed by atoms with Crippen molar-refractivity contribution in [3.8, 4) is 5.75 Å². The fourth-order valence-corrected chi connectivity index (χ4v) is 4.90. The molecule has 30 heavy (non-hydrogen) atoms. The number of hydrogen-bond donors (Lipinski definition) is 2. The van der Waals surface area contributed by atoms with Gasteiger partial charge in [-0.25, -0.2) is 0 Å². The molecule has 2 aliphatic heterocycles. The van der Waals surface area contributed by atoms with E-state index in [2.05, 4.69) is 47.6 Å². The van der Waals surface area contributed by atoms with E-state index in [9.17, 15) is 9.59 Å². The lowest BCUT2D eigenvalue weighted by molar-refractivity contribution is -0.127. The predicted molar refractivity (Wildman–Crippen MR) is 116 cm³/mol. The van der Waals surface area contributed by atoms with Crippen LogP contribution in [0.4, 0.5) is 0 Å². The van der Waals surface area contributed by atoms with Gasteiger partial charge in [0, 0.05) is 12.1 Å². The summed E-state index contributed by atoms with van der Waals surface area (Å²) >= 11 is 0. The molecule has 2 fully saturated rings. The molecule has 0 aromatic heterocycles. The van der Waals surface area contributed by atoms with Gasteiger partial charge in [0.05, 0.1) is 7.11 Å². The van der Waals surface area contributed by atoms with E-state index >= 15 is 0 Å². The summed E-state index contributed by atoms with van der Waals surface area (Å²) in [5.41, 5.74) is 1.28. The van der Waals surface area contributed by atoms with E-state index in [0.29, 0.717) is 12.8 Å². The van der Waals surface area contributed by atoms with Gasteiger partial charge in [0.1, 0.15) is 11.3 Å². The zero-order valence-electron chi connectivity index (χ0n) is 18.0. The average Bonchev–Trinajstić information content (AvgIpc) is 3.00. The van der Waals surface area contributed by atoms with Crippen molar-refractivity contribution in [3.05, 3.63) is 53.8 Å². The SMILES string of the molecule is COc1cccc(CC(=O)C2NC(=O)C3(CCNCC3)N2C2=CC=CC(C)(C)C2)c1. The molecular formula is C24H31N3O3. The van der Waals surface area contributed by atoms with E-state index in [4.69, 9.17) is 4.74 Å². The summed E-state index contributed by atoms with van der Waals surface area (Å²) in [5.74, 6) is 0.700. The Kier molecular flexibility index (Phi) is 5.45. The van der Waals surface area contributed by atoms with Crippen LogP contribution in [0.25, 0.3) is 0 Å². The lowest BCUT2D eigenvalue weighted by Crippen LogP contribution is -2.57. The highest BCUT2D eigenvalue weighted by Gasteiger charge is 2.56. The Morgan fingerprint density at radius 3 is 2.73 bits per heavy atom. The van der Waals surface area contributed by atoms with Crippen molar-refractivity contribution in [3.63, 3.8) is 0 Å². The summed E-state index contributed by atoms with van der Waals surface area (Å²) in [6.07, 6.45) is 8.11. The minimum Gasteiger partial charge on any atom is -0.497 e. The third kappa shape index (κ3) is 3.76. The number of ether oxygens (including phenoxy) is 1. The van der Waals surface area contributed by atoms with E-state index in [0.717, 1.165) is 36.5 Å². The van der Waals surface area contributed by atoms with Crippen LogP contribution >= 0.6 is 0 Å². The summed E-state index contributed by atoms with van der Waals surface area (Å²) in [6, 6.07) is 7.55. The van der Waals surface area contributed by atoms with Crippen molar-refractivity contribution in [1.82, 2.24) is 15.5 Å². The van der Waals surface area contributed by atoms with Crippen LogP contribution in [-0.2, 0) is 16.0 Å². The normalized spacial score (nSPS) is 24.5. The molecule has 2 heterocycles. The second-order valence-corrected chi connectivity index (χ2v) is 9.20. The molecule has 6 heteroatoms. The van der Waals surface area contributed by atoms with Crippen LogP contribution in [-0.4, -0.2) is 48.5 Å². The highest BCUT2D eigenvalue weighted by molar-refractivity contribution is 5.98. The number of carbonyl (C=O) groups is 2. The maximum absolute atomic E-state index is 13.4. The molecule has 2 saturated heterocycles. The number of amides is 1. The molecule has 1 amide bonds. The minimum atomic E-state index is -0.660. The summed E-state index contributed by atoms with van der Waals surface area (Å²) in [7, 11) is 1.62. The van der Waals surface area contributed by atoms with Crippen LogP contribution in [0.15, 0.2) is 48.2 Å². The highest BCUT2D eigenvalue weighted by atomic mass is 16.5. The summed E-state index contributed by atoms with van der Waals surface area (Å²) < 4.78 is 5.29. The molecule has 0 saturated carbocycles. The van der Waals surface area contributed by atoms with Gasteiger partial charge in [-0.05, 0) is 61.5 Å². The van der Waals surface area contributed by atoms with Gasteiger partial charge in [0.25, 0.3) is 0 Å². The largest absolute Gasteiger partial charge is 0.497 e. The highest BCUT2D eigenvalue weighted by Crippen LogP contribution is 2.42. The van der Waals surface area contributed by atoms with Gasteiger partial charge in [-0.2, -0.15) is 0 Å². The number of benzene rings is 1. The molecule has 1 atom stereocenters. The Morgan fingerprint density at radius 1 is 1.27 bits per heavy atom. The number of nitrogens with one attached hydrogen (secondary N) is 2. The van der Waals surface area contributed by atoms with Gasteiger partial charge < -0.3 is 20.3 Å². The maximum Gasteiger partial charge on any atom is 0.247 e. The molecule has 1 unspecified atom stereocenters. The van der Waals surface area contributed by atoms with Crippen LogP contribution < -0.4 is 15.4 Å². The topological polar surface area (TPSA) is 70.7 Å². The third-order valence-electron chi connectivity index (χ3n) is 6.44. The summed E-state index contributed by atoms with van der Waals surface area (Å²) in [6.45, 7) is 5.91. The fraction of sp³-hybridized carbons (Fsp3) is 0.500. The first-order chi connectivity index (χ1) is 14.3. The second-order valence-electron chi connectivity index (χ2n) is 9.20. The molecule has 1 aliphatic carbocycles. The predicted octanol–water partition coefficient (Wildman–Crippen LogP) is 2.56. The second kappa shape index (κ2) is 7.91. The number of carbonyl (C=O) groups excluding carboxylic acids is 2. The van der Waals surface area contributed by atoms with Gasteiger partial charge in [-0.15, -0.1) is 0 Å². The van der Waals surface area contributed by atoms with Crippen LogP contribution in [0.3, 0.4) is 0 Å². The Balaban J connectivity index is 1.67. The Labute approximate surface area is 178 Å². The van der Waals surface area contributed by atoms with Crippen molar-refractivity contribution in [2.75, 3.05) is 20.2 Å². The van der Waals surface area contributed by atoms with Crippen LogP contribution in [0.5, 0.6) is 5.75 Å². The van der Waals surface area contributed by atoms with Crippen molar-refractivity contribution < 1.29 is 14.3 Å². The smallest absolute Gasteiger partial charge is 0.247 e. The number of allylic oxidation sites excluding steroid dienone is 4. The number of ketones is 1. The number of piperidine rings is 1. The van der Waals surface area contributed by atoms with Gasteiger partial charge in [0.15, 0.2) is 11.9 Å². The lowest BCUT2D eigenvalue weighted by Gasteiger charge is -2.45. The number of rotatable bonds is 5. The van der Waals surface area contributed by atoms with Crippen LogP contribution in [0, 0.1) is 5.41 Å². The molecule has 1 aromatic carbocycles. The van der Waals surface area contributed by atoms with Gasteiger partial charge >= 0.3 is 0 Å². The maximum atomic E-state index is 13.4. The lowest BCUT2D eigenvalue weighted by atomic mass is 9.80. The number of methoxy groups -OCH3 is 1. The van der Waals surface area contributed by atoms with E-state index in [1.807, 2.05) is 24.3 Å². The number of nitrogens with zero attached hydrogens (tertiary/aromatic N) is 1. The number of Topliss-reactive ketones (excluding diaryl/α,β-unsaturated/α-hetero) is 1. The number of hydrogen-bond acceptors (Lipinski definition) is 5. The van der Waals surface area contributed by atoms with E-state index in [-0.39, 0.29) is 23.5 Å². The average molecular weight is 410 g/mol. The first-order valence-corrected chi connectivity index (χ1v) is 10.7. The molecule has 0 bridgehead atoms. The molecular weight excluding hydrogens is 378 g/mol. The van der Waals surface area contributed by atoms with Crippen molar-refractivity contribution >= 4 is 11.7 Å². The van der Waals surface area contributed by atoms with E-state index < -0.39 is 11.7 Å². The van der Waals surface area contributed by atoms with E-state index in [1.54, 1.807) is 7.11 Å². The zero-order chi connectivity index (χ0) is 21.4. The minimum absolute atomic E-state index is 0.000250. The zero-order valence-corrected chi connectivity index (χ0v) is 18.0. The standard InChI is InChI=1S/C24H31N3O3/c1-23(2)9-5-7-18(16-23)27-21(26-22(29)24(27)10-12-25-13-11-24)20(28)15-17-6-4-8-19(14-17)30-3/h4-9,14,21,25H,10-13,15-16H2,1-3H3,(H,26,29). The van der Waals surface area contributed by atoms with Crippen molar-refractivity contribution in [1.29, 1.82) is 0 Å². The van der Waals surface area contributed by atoms with Gasteiger partial charge in [-0.1, -0.05) is 38.1 Å². The van der Waals surface area contributed by atoms with E-state index in [1.165, 1.54) is 0 Å². The van der Waals surface area contributed by atoms with Crippen molar-refractivity contribution in [2.24, 2.45) is 5.41 Å². The van der Waals surface area contributed by atoms with Crippen molar-refractivity contribution in [2.45, 2.75) is 51.2 Å². The molecule has 1 aromatic rings. The molecule has 1 spiro atoms. The molecule has 160 valence electrons. The summed E-state index contributed by atoms with van der Waals surface area (Å²) in [4.78, 5) is 28.8. The monoisotopic (exact) mass is 409 g/mol. The Bertz CT molecular complexity index is 897. The molecule has 6 nitrogen and oxygen atoms in total. The fourth-order valence-electron chi connectivity index (χ4n) is 4.90. The Morgan fingerprint density at radius 2 is 2.03 bits per heavy atom. The third-order valence-corrected chi connectivity index (χ3v) is 6.44.